The number of aliphatic hydroxyl groups excluding tert-OH is 1. The molecule has 1 aliphatic rings. The molecule has 126 valence electrons. The van der Waals surface area contributed by atoms with Gasteiger partial charge in [-0.1, -0.05) is 17.7 Å². The maximum Gasteiger partial charge on any atom is 0.152 e. The van der Waals surface area contributed by atoms with Gasteiger partial charge >= 0.3 is 0 Å². The summed E-state index contributed by atoms with van der Waals surface area (Å²) in [7, 11) is 0. The molecule has 2 N–H and O–H groups in total. The Morgan fingerprint density at radius 1 is 1.39 bits per heavy atom. The fraction of sp³-hybridized carbons (Fsp3) is 0.588. The highest BCUT2D eigenvalue weighted by molar-refractivity contribution is 6.30. The molecule has 6 heteroatoms. The van der Waals surface area contributed by atoms with Crippen LogP contribution >= 0.6 is 11.6 Å². The Bertz CT molecular complexity index is 635. The summed E-state index contributed by atoms with van der Waals surface area (Å²) in [6, 6.07) is 5.93. The minimum atomic E-state index is -0.234. The van der Waals surface area contributed by atoms with Gasteiger partial charge < -0.3 is 19.7 Å². The first kappa shape index (κ1) is 16.7. The number of hydrogen-bond donors (Lipinski definition) is 2. The Kier molecular flexibility index (Phi) is 5.54. The summed E-state index contributed by atoms with van der Waals surface area (Å²) in [4.78, 5) is 6.72. The van der Waals surface area contributed by atoms with E-state index in [4.69, 9.17) is 11.6 Å². The summed E-state index contributed by atoms with van der Waals surface area (Å²) in [5.74, 6) is 0.693. The molecule has 0 radical (unpaired) electrons. The molecule has 0 amide bonds. The summed E-state index contributed by atoms with van der Waals surface area (Å²) >= 11 is 6.25. The summed E-state index contributed by atoms with van der Waals surface area (Å²) in [5.41, 5.74) is 1.91. The van der Waals surface area contributed by atoms with Crippen molar-refractivity contribution < 1.29 is 5.11 Å². The van der Waals surface area contributed by atoms with Crippen molar-refractivity contribution in [3.05, 3.63) is 35.2 Å². The number of pyridine rings is 1. The van der Waals surface area contributed by atoms with Crippen molar-refractivity contribution in [1.82, 2.24) is 19.6 Å². The lowest BCUT2D eigenvalue weighted by Gasteiger charge is -2.32. The van der Waals surface area contributed by atoms with Gasteiger partial charge in [0.25, 0.3) is 0 Å². The molecule has 0 saturated carbocycles. The number of fused-ring (bicyclic) bond motifs is 1. The fourth-order valence-corrected chi connectivity index (χ4v) is 3.56. The summed E-state index contributed by atoms with van der Waals surface area (Å²) in [6.07, 6.45) is 4.13. The Hall–Kier alpha value is -1.14. The van der Waals surface area contributed by atoms with Gasteiger partial charge in [0.1, 0.15) is 5.65 Å². The van der Waals surface area contributed by atoms with Gasteiger partial charge in [0.15, 0.2) is 5.15 Å². The van der Waals surface area contributed by atoms with E-state index in [0.717, 1.165) is 44.1 Å². The molecule has 2 aromatic rings. The Morgan fingerprint density at radius 3 is 2.91 bits per heavy atom. The van der Waals surface area contributed by atoms with Crippen molar-refractivity contribution >= 4 is 17.2 Å². The Balaban J connectivity index is 1.47. The molecule has 0 unspecified atom stereocenters. The zero-order valence-electron chi connectivity index (χ0n) is 13.6. The van der Waals surface area contributed by atoms with Gasteiger partial charge in [-0.25, -0.2) is 4.98 Å². The van der Waals surface area contributed by atoms with Crippen LogP contribution in [0.3, 0.4) is 0 Å². The molecule has 3 rings (SSSR count). The van der Waals surface area contributed by atoms with E-state index in [1.54, 1.807) is 0 Å². The van der Waals surface area contributed by atoms with E-state index in [2.05, 4.69) is 15.2 Å². The van der Waals surface area contributed by atoms with Crippen LogP contribution in [0, 0.1) is 5.92 Å². The van der Waals surface area contributed by atoms with Crippen molar-refractivity contribution in [3.8, 4) is 0 Å². The lowest BCUT2D eigenvalue weighted by Crippen LogP contribution is -2.40. The number of hydrogen-bond acceptors (Lipinski definition) is 4. The van der Waals surface area contributed by atoms with Gasteiger partial charge in [-0.3, -0.25) is 0 Å². The number of aliphatic hydroxyl groups is 1. The average Bonchev–Trinajstić information content (AvgIpc) is 2.84. The van der Waals surface area contributed by atoms with E-state index in [-0.39, 0.29) is 6.10 Å². The van der Waals surface area contributed by atoms with Gasteiger partial charge in [-0.2, -0.15) is 0 Å². The standard InChI is InChI=1S/C17H25ClN4O/c1-13(23)12-21-8-5-14(6-9-21)10-19-11-15-17(18)20-16-4-2-3-7-22(15)16/h2-4,7,13-14,19,23H,5-6,8-12H2,1H3/t13-/m0/s1. The van der Waals surface area contributed by atoms with Crippen LogP contribution in [0.25, 0.3) is 5.65 Å². The number of β-amino-alcohol motifs (C(OH)–C–C–N with tert-alkyl or cyclic N) is 1. The molecule has 23 heavy (non-hydrogen) atoms. The predicted molar refractivity (Wildman–Crippen MR) is 92.8 cm³/mol. The largest absolute Gasteiger partial charge is 0.392 e. The van der Waals surface area contributed by atoms with Crippen molar-refractivity contribution in [1.29, 1.82) is 0 Å². The van der Waals surface area contributed by atoms with Crippen molar-refractivity contribution in [2.45, 2.75) is 32.4 Å². The topological polar surface area (TPSA) is 52.8 Å². The monoisotopic (exact) mass is 336 g/mol. The van der Waals surface area contributed by atoms with E-state index in [1.165, 1.54) is 12.8 Å². The first-order valence-electron chi connectivity index (χ1n) is 8.36. The highest BCUT2D eigenvalue weighted by Gasteiger charge is 2.20. The number of halogens is 1. The second-order valence-electron chi connectivity index (χ2n) is 6.50. The third-order valence-electron chi connectivity index (χ3n) is 4.54. The number of rotatable bonds is 6. The number of likely N-dealkylation sites (tertiary alicyclic amines) is 1. The number of imidazole rings is 1. The molecule has 3 heterocycles. The molecule has 2 aromatic heterocycles. The van der Waals surface area contributed by atoms with Gasteiger partial charge in [0.05, 0.1) is 11.8 Å². The highest BCUT2D eigenvalue weighted by atomic mass is 35.5. The van der Waals surface area contributed by atoms with Crippen LogP contribution in [0.1, 0.15) is 25.5 Å². The second-order valence-corrected chi connectivity index (χ2v) is 6.86. The number of nitrogens with zero attached hydrogens (tertiary/aromatic N) is 3. The average molecular weight is 337 g/mol. The quantitative estimate of drug-likeness (QED) is 0.849. The van der Waals surface area contributed by atoms with Crippen LogP contribution in [0.2, 0.25) is 5.15 Å². The van der Waals surface area contributed by atoms with Crippen LogP contribution in [-0.2, 0) is 6.54 Å². The van der Waals surface area contributed by atoms with Crippen molar-refractivity contribution in [2.24, 2.45) is 5.92 Å². The normalized spacial score (nSPS) is 18.6. The first-order valence-corrected chi connectivity index (χ1v) is 8.74. The molecular weight excluding hydrogens is 312 g/mol. The zero-order chi connectivity index (χ0) is 16.2. The van der Waals surface area contributed by atoms with E-state index >= 15 is 0 Å². The van der Waals surface area contributed by atoms with Gasteiger partial charge in [-0.05, 0) is 57.5 Å². The first-order chi connectivity index (χ1) is 11.1. The predicted octanol–water partition coefficient (Wildman–Crippen LogP) is 2.17. The van der Waals surface area contributed by atoms with Crippen molar-refractivity contribution in [2.75, 3.05) is 26.2 Å². The van der Waals surface area contributed by atoms with Crippen LogP contribution in [0.4, 0.5) is 0 Å². The minimum absolute atomic E-state index is 0.234. The molecule has 0 bridgehead atoms. The van der Waals surface area contributed by atoms with E-state index in [1.807, 2.05) is 35.7 Å². The highest BCUT2D eigenvalue weighted by Crippen LogP contribution is 2.19. The Labute approximate surface area is 142 Å². The molecule has 0 aromatic carbocycles. The third-order valence-corrected chi connectivity index (χ3v) is 4.84. The molecule has 1 fully saturated rings. The van der Waals surface area contributed by atoms with E-state index < -0.39 is 0 Å². The molecular formula is C17H25ClN4O. The van der Waals surface area contributed by atoms with Crippen LogP contribution in [0.5, 0.6) is 0 Å². The third kappa shape index (κ3) is 4.23. The lowest BCUT2D eigenvalue weighted by molar-refractivity contribution is 0.0998. The Morgan fingerprint density at radius 2 is 2.17 bits per heavy atom. The summed E-state index contributed by atoms with van der Waals surface area (Å²) in [5, 5.41) is 13.6. The van der Waals surface area contributed by atoms with E-state index in [0.29, 0.717) is 11.1 Å². The number of nitrogens with one attached hydrogen (secondary N) is 1. The van der Waals surface area contributed by atoms with Gasteiger partial charge in [0, 0.05) is 19.3 Å². The SMILES string of the molecule is C[C@H](O)CN1CCC(CNCc2c(Cl)nc3ccccn23)CC1. The number of aromatic nitrogens is 2. The fourth-order valence-electron chi connectivity index (χ4n) is 3.32. The maximum absolute atomic E-state index is 9.46. The molecule has 1 saturated heterocycles. The second kappa shape index (κ2) is 7.62. The van der Waals surface area contributed by atoms with E-state index in [9.17, 15) is 5.11 Å². The molecule has 0 spiro atoms. The van der Waals surface area contributed by atoms with Crippen LogP contribution in [-0.4, -0.2) is 51.7 Å². The maximum atomic E-state index is 9.46. The molecule has 5 nitrogen and oxygen atoms in total. The van der Waals surface area contributed by atoms with Gasteiger partial charge in [0.2, 0.25) is 0 Å². The smallest absolute Gasteiger partial charge is 0.152 e. The lowest BCUT2D eigenvalue weighted by atomic mass is 9.96. The minimum Gasteiger partial charge on any atom is -0.392 e. The van der Waals surface area contributed by atoms with Gasteiger partial charge in [-0.15, -0.1) is 0 Å². The van der Waals surface area contributed by atoms with Crippen LogP contribution in [0.15, 0.2) is 24.4 Å². The molecule has 1 aliphatic heterocycles. The van der Waals surface area contributed by atoms with Crippen molar-refractivity contribution in [3.63, 3.8) is 0 Å². The number of piperidine rings is 1. The summed E-state index contributed by atoms with van der Waals surface area (Å²) in [6.45, 7) is 6.53. The van der Waals surface area contributed by atoms with Crippen LogP contribution < -0.4 is 5.32 Å². The summed E-state index contributed by atoms with van der Waals surface area (Å²) < 4.78 is 2.04. The molecule has 1 atom stereocenters. The zero-order valence-corrected chi connectivity index (χ0v) is 14.3. The molecule has 0 aliphatic carbocycles.